The quantitative estimate of drug-likeness (QED) is 0.0584. The Morgan fingerprint density at radius 1 is 1.11 bits per heavy atom. The highest BCUT2D eigenvalue weighted by atomic mass is 31.2. The number of nitrogens with zero attached hydrogens (tertiary/aromatic N) is 6. The molecule has 2 unspecified atom stereocenters. The molecule has 0 saturated carbocycles. The van der Waals surface area contributed by atoms with E-state index in [4.69, 9.17) is 13.8 Å². The van der Waals surface area contributed by atoms with Crippen LogP contribution in [0.2, 0.25) is 0 Å². The van der Waals surface area contributed by atoms with E-state index in [0.29, 0.717) is 36.7 Å². The van der Waals surface area contributed by atoms with Crippen molar-refractivity contribution < 1.29 is 18.7 Å². The Morgan fingerprint density at radius 2 is 1.78 bits per heavy atom. The van der Waals surface area contributed by atoms with Crippen LogP contribution in [-0.2, 0) is 9.05 Å². The molecular formula is C33H49N6O5P. The third-order valence-corrected chi connectivity index (χ3v) is 10.0. The maximum absolute atomic E-state index is 11.1. The predicted molar refractivity (Wildman–Crippen MR) is 180 cm³/mol. The molecule has 2 atom stereocenters. The average Bonchev–Trinajstić information content (AvgIpc) is 2.98. The summed E-state index contributed by atoms with van der Waals surface area (Å²) in [7, 11) is 0.490. The van der Waals surface area contributed by atoms with Gasteiger partial charge in [0.2, 0.25) is 0 Å². The summed E-state index contributed by atoms with van der Waals surface area (Å²) in [6.07, 6.45) is 3.79. The van der Waals surface area contributed by atoms with Gasteiger partial charge in [-0.05, 0) is 90.8 Å². The monoisotopic (exact) mass is 640 g/mol. The van der Waals surface area contributed by atoms with Crippen LogP contribution < -0.4 is 9.64 Å². The van der Waals surface area contributed by atoms with Gasteiger partial charge in [0.15, 0.2) is 0 Å². The highest BCUT2D eigenvalue weighted by molar-refractivity contribution is 7.44. The summed E-state index contributed by atoms with van der Waals surface area (Å²) in [6.45, 7) is 19.8. The highest BCUT2D eigenvalue weighted by Gasteiger charge is 2.37. The summed E-state index contributed by atoms with van der Waals surface area (Å²) < 4.78 is 20.6. The van der Waals surface area contributed by atoms with E-state index in [-0.39, 0.29) is 28.4 Å². The van der Waals surface area contributed by atoms with Gasteiger partial charge in [-0.1, -0.05) is 13.8 Å². The molecule has 45 heavy (non-hydrogen) atoms. The maximum Gasteiger partial charge on any atom is 0.270 e. The summed E-state index contributed by atoms with van der Waals surface area (Å²) in [5.74, 6) is 0.845. The van der Waals surface area contributed by atoms with Crippen molar-refractivity contribution >= 4 is 31.3 Å². The van der Waals surface area contributed by atoms with Gasteiger partial charge < -0.3 is 18.7 Å². The second-order valence-corrected chi connectivity index (χ2v) is 14.1. The molecule has 0 aromatic heterocycles. The van der Waals surface area contributed by atoms with Crippen molar-refractivity contribution in [3.63, 3.8) is 0 Å². The molecule has 0 amide bonds. The van der Waals surface area contributed by atoms with E-state index in [1.807, 2.05) is 18.2 Å². The number of rotatable bonds is 16. The third-order valence-electron chi connectivity index (χ3n) is 7.89. The molecule has 1 aliphatic rings. The molecule has 0 N–H and O–H groups in total. The molecule has 0 saturated heterocycles. The zero-order chi connectivity index (χ0) is 33.3. The molecular weight excluding hydrogens is 591 g/mol. The minimum Gasteiger partial charge on any atom is -0.494 e. The number of nitriles is 1. The Kier molecular flexibility index (Phi) is 13.2. The normalized spacial score (nSPS) is 16.8. The molecule has 12 heteroatoms. The van der Waals surface area contributed by atoms with Gasteiger partial charge in [0, 0.05) is 48.1 Å². The number of nitro groups is 1. The van der Waals surface area contributed by atoms with Crippen LogP contribution in [0.1, 0.15) is 98.1 Å². The van der Waals surface area contributed by atoms with Crippen LogP contribution in [-0.4, -0.2) is 54.1 Å². The van der Waals surface area contributed by atoms with Crippen molar-refractivity contribution in [3.05, 3.63) is 51.6 Å². The molecule has 0 spiro atoms. The van der Waals surface area contributed by atoms with E-state index < -0.39 is 13.4 Å². The molecule has 0 bridgehead atoms. The van der Waals surface area contributed by atoms with Gasteiger partial charge in [0.25, 0.3) is 14.2 Å². The smallest absolute Gasteiger partial charge is 0.270 e. The summed E-state index contributed by atoms with van der Waals surface area (Å²) in [5, 5.41) is 29.3. The SMILES string of the molecule is CCCOP(OCCCCN1c2cc(OC)c(/N=N/c3ccc([N+](=O)[O-])cc3C#N)cc2C(C)CC1(C)C)N(C(C)C)C(C)C. The van der Waals surface area contributed by atoms with Gasteiger partial charge in [-0.2, -0.15) is 5.26 Å². The van der Waals surface area contributed by atoms with Crippen LogP contribution in [0.3, 0.4) is 0 Å². The largest absolute Gasteiger partial charge is 0.494 e. The summed E-state index contributed by atoms with van der Waals surface area (Å²) in [6, 6.07) is 10.6. The number of fused-ring (bicyclic) bond motifs is 1. The molecule has 1 aliphatic heterocycles. The Labute approximate surface area is 269 Å². The van der Waals surface area contributed by atoms with Gasteiger partial charge >= 0.3 is 0 Å². The number of methoxy groups -OCH3 is 1. The molecule has 0 aliphatic carbocycles. The Morgan fingerprint density at radius 3 is 2.38 bits per heavy atom. The van der Waals surface area contributed by atoms with E-state index >= 15 is 0 Å². The lowest BCUT2D eigenvalue weighted by Gasteiger charge is -2.48. The van der Waals surface area contributed by atoms with E-state index in [9.17, 15) is 15.4 Å². The molecule has 11 nitrogen and oxygen atoms in total. The van der Waals surface area contributed by atoms with Crippen LogP contribution in [0.5, 0.6) is 5.75 Å². The number of unbranched alkanes of at least 4 members (excludes halogenated alkanes) is 1. The first-order valence-electron chi connectivity index (χ1n) is 15.8. The first kappa shape index (κ1) is 36.3. The summed E-state index contributed by atoms with van der Waals surface area (Å²) in [4.78, 5) is 13.0. The summed E-state index contributed by atoms with van der Waals surface area (Å²) >= 11 is 0. The maximum atomic E-state index is 11.1. The van der Waals surface area contributed by atoms with Gasteiger partial charge in [-0.3, -0.25) is 10.1 Å². The Hall–Kier alpha value is -3.16. The number of azo groups is 1. The van der Waals surface area contributed by atoms with Crippen molar-refractivity contribution in [3.8, 4) is 11.8 Å². The lowest BCUT2D eigenvalue weighted by Crippen LogP contribution is -2.48. The third kappa shape index (κ3) is 9.20. The predicted octanol–water partition coefficient (Wildman–Crippen LogP) is 9.55. The lowest BCUT2D eigenvalue weighted by molar-refractivity contribution is -0.384. The molecule has 2 aromatic rings. The van der Waals surface area contributed by atoms with Crippen molar-refractivity contribution in [2.75, 3.05) is 31.8 Å². The van der Waals surface area contributed by atoms with E-state index in [1.54, 1.807) is 7.11 Å². The number of benzene rings is 2. The van der Waals surface area contributed by atoms with Crippen LogP contribution in [0.25, 0.3) is 0 Å². The minimum absolute atomic E-state index is 0.0648. The fourth-order valence-electron chi connectivity index (χ4n) is 5.91. The topological polar surface area (TPSA) is 126 Å². The first-order chi connectivity index (χ1) is 21.3. The molecule has 1 heterocycles. The van der Waals surface area contributed by atoms with Gasteiger partial charge in [-0.25, -0.2) is 4.67 Å². The summed E-state index contributed by atoms with van der Waals surface area (Å²) in [5.41, 5.74) is 2.92. The molecule has 246 valence electrons. The van der Waals surface area contributed by atoms with Crippen LogP contribution in [0.4, 0.5) is 22.7 Å². The number of hydrogen-bond acceptors (Lipinski definition) is 10. The van der Waals surface area contributed by atoms with Crippen molar-refractivity contribution in [1.82, 2.24) is 4.67 Å². The second-order valence-electron chi connectivity index (χ2n) is 12.6. The van der Waals surface area contributed by atoms with Crippen LogP contribution >= 0.6 is 8.53 Å². The fraction of sp³-hybridized carbons (Fsp3) is 0.606. The highest BCUT2D eigenvalue weighted by Crippen LogP contribution is 2.49. The number of non-ortho nitro benzene ring substituents is 1. The number of anilines is 1. The van der Waals surface area contributed by atoms with Gasteiger partial charge in [0.05, 0.1) is 30.8 Å². The fourth-order valence-corrected chi connectivity index (χ4v) is 7.63. The molecule has 0 fully saturated rings. The number of ether oxygens (including phenoxy) is 1. The van der Waals surface area contributed by atoms with E-state index in [0.717, 1.165) is 43.5 Å². The van der Waals surface area contributed by atoms with Crippen molar-refractivity contribution in [2.45, 2.75) is 105 Å². The minimum atomic E-state index is -1.11. The zero-order valence-corrected chi connectivity index (χ0v) is 29.1. The average molecular weight is 641 g/mol. The molecule has 3 rings (SSSR count). The van der Waals surface area contributed by atoms with Gasteiger partial charge in [0.1, 0.15) is 23.2 Å². The zero-order valence-electron chi connectivity index (χ0n) is 28.2. The first-order valence-corrected chi connectivity index (χ1v) is 16.9. The molecule has 2 aromatic carbocycles. The van der Waals surface area contributed by atoms with Crippen molar-refractivity contribution in [1.29, 1.82) is 5.26 Å². The Balaban J connectivity index is 1.79. The van der Waals surface area contributed by atoms with Crippen molar-refractivity contribution in [2.24, 2.45) is 10.2 Å². The van der Waals surface area contributed by atoms with E-state index in [2.05, 4.69) is 75.2 Å². The number of hydrogen-bond donors (Lipinski definition) is 0. The van der Waals surface area contributed by atoms with Crippen LogP contribution in [0.15, 0.2) is 40.6 Å². The van der Waals surface area contributed by atoms with Gasteiger partial charge in [-0.15, -0.1) is 10.2 Å². The Bertz CT molecular complexity index is 1370. The standard InChI is InChI=1S/C33H49N6O5P/c1-10-16-43-45(38(23(2)3)24(4)5)44-17-12-11-15-37-31-20-32(42-9)30(19-28(31)25(6)21-33(37,7)8)36-35-29-14-13-27(39(40)41)18-26(29)22-34/h13-14,18-20,23-25H,10-12,15-17,21H2,1-9H3/b36-35+. The van der Waals surface area contributed by atoms with E-state index in [1.165, 1.54) is 18.2 Å². The second kappa shape index (κ2) is 16.4. The molecule has 0 radical (unpaired) electrons. The van der Waals surface area contributed by atoms with Crippen LogP contribution in [0, 0.1) is 21.4 Å². The number of nitro benzene ring substituents is 1. The lowest BCUT2D eigenvalue weighted by atomic mass is 9.79.